The Labute approximate surface area is 158 Å². The lowest BCUT2D eigenvalue weighted by Crippen LogP contribution is -2.07. The molecule has 0 aliphatic heterocycles. The molecule has 0 aromatic heterocycles. The Morgan fingerprint density at radius 2 is 1.22 bits per heavy atom. The molecule has 5 nitrogen and oxygen atoms in total. The van der Waals surface area contributed by atoms with Crippen LogP contribution in [-0.4, -0.2) is 11.9 Å². The molecule has 0 aliphatic rings. The van der Waals surface area contributed by atoms with E-state index < -0.39 is 11.9 Å². The average Bonchev–Trinajstić information content (AvgIpc) is 2.66. The smallest absolute Gasteiger partial charge is 0.338 e. The summed E-state index contributed by atoms with van der Waals surface area (Å²) in [6, 6.07) is 14.5. The lowest BCUT2D eigenvalue weighted by atomic mass is 10.1. The van der Waals surface area contributed by atoms with Crippen LogP contribution in [0.25, 0.3) is 11.1 Å². The molecule has 0 atom stereocenters. The molecular formula is C22H20O5. The normalized spacial score (nSPS) is 10.3. The quantitative estimate of drug-likeness (QED) is 0.305. The van der Waals surface area contributed by atoms with Gasteiger partial charge in [-0.2, -0.15) is 0 Å². The van der Waals surface area contributed by atoms with Crippen LogP contribution in [0.2, 0.25) is 0 Å². The van der Waals surface area contributed by atoms with E-state index >= 15 is 0 Å². The molecule has 2 rings (SSSR count). The molecule has 0 fully saturated rings. The number of hydrogen-bond acceptors (Lipinski definition) is 5. The first kappa shape index (κ1) is 19.7. The van der Waals surface area contributed by atoms with Crippen molar-refractivity contribution in [2.75, 3.05) is 0 Å². The van der Waals surface area contributed by atoms with Gasteiger partial charge in [-0.25, -0.2) is 9.59 Å². The third-order valence-electron chi connectivity index (χ3n) is 3.38. The summed E-state index contributed by atoms with van der Waals surface area (Å²) < 4.78 is 15.3. The number of esters is 2. The van der Waals surface area contributed by atoms with Crippen LogP contribution < -0.4 is 9.47 Å². The average molecular weight is 364 g/mol. The minimum Gasteiger partial charge on any atom is -0.462 e. The van der Waals surface area contributed by atoms with Gasteiger partial charge in [-0.1, -0.05) is 37.4 Å². The maximum Gasteiger partial charge on any atom is 0.338 e. The highest BCUT2D eigenvalue weighted by Crippen LogP contribution is 2.25. The van der Waals surface area contributed by atoms with Crippen molar-refractivity contribution in [3.05, 3.63) is 85.4 Å². The highest BCUT2D eigenvalue weighted by Gasteiger charge is 2.06. The van der Waals surface area contributed by atoms with Crippen LogP contribution in [0.4, 0.5) is 0 Å². The van der Waals surface area contributed by atoms with Gasteiger partial charge in [0.05, 0.1) is 0 Å². The standard InChI is InChI=1S/C22H20O5/c1-15(2)21(23)26-14-13-25-19-9-5-17(6-10-19)18-7-11-20(12-8-18)27-22(24)16(3)4/h5-14H,1,3H2,2,4H3/b14-13-. The lowest BCUT2D eigenvalue weighted by molar-refractivity contribution is -0.133. The largest absolute Gasteiger partial charge is 0.462 e. The second kappa shape index (κ2) is 9.20. The molecule has 0 radical (unpaired) electrons. The summed E-state index contributed by atoms with van der Waals surface area (Å²) in [6.45, 7) is 10.2. The summed E-state index contributed by atoms with van der Waals surface area (Å²) in [4.78, 5) is 22.7. The van der Waals surface area contributed by atoms with E-state index in [-0.39, 0.29) is 0 Å². The number of carbonyl (C=O) groups is 2. The van der Waals surface area contributed by atoms with Crippen molar-refractivity contribution in [3.63, 3.8) is 0 Å². The van der Waals surface area contributed by atoms with Gasteiger partial charge in [0.1, 0.15) is 24.0 Å². The fourth-order valence-electron chi connectivity index (χ4n) is 1.93. The summed E-state index contributed by atoms with van der Waals surface area (Å²) >= 11 is 0. The molecule has 138 valence electrons. The van der Waals surface area contributed by atoms with Gasteiger partial charge < -0.3 is 14.2 Å². The van der Waals surface area contributed by atoms with Gasteiger partial charge in [0.15, 0.2) is 0 Å². The van der Waals surface area contributed by atoms with Gasteiger partial charge in [-0.05, 0) is 49.2 Å². The second-order valence-corrected chi connectivity index (χ2v) is 5.79. The molecule has 0 bridgehead atoms. The summed E-state index contributed by atoms with van der Waals surface area (Å²) in [5.41, 5.74) is 2.59. The second-order valence-electron chi connectivity index (χ2n) is 5.79. The van der Waals surface area contributed by atoms with E-state index in [1.54, 1.807) is 38.1 Å². The highest BCUT2D eigenvalue weighted by molar-refractivity contribution is 5.89. The van der Waals surface area contributed by atoms with Crippen LogP contribution in [0.5, 0.6) is 11.5 Å². The zero-order chi connectivity index (χ0) is 19.8. The summed E-state index contributed by atoms with van der Waals surface area (Å²) in [5.74, 6) is 0.0864. The molecular weight excluding hydrogens is 344 g/mol. The number of hydrogen-bond donors (Lipinski definition) is 0. The van der Waals surface area contributed by atoms with Gasteiger partial charge in [-0.15, -0.1) is 0 Å². The monoisotopic (exact) mass is 364 g/mol. The van der Waals surface area contributed by atoms with E-state index in [4.69, 9.17) is 14.2 Å². The third kappa shape index (κ3) is 6.01. The molecule has 0 saturated carbocycles. The molecule has 0 amide bonds. The first-order valence-electron chi connectivity index (χ1n) is 8.13. The van der Waals surface area contributed by atoms with Crippen LogP contribution in [0.3, 0.4) is 0 Å². The Kier molecular flexibility index (Phi) is 6.72. The van der Waals surface area contributed by atoms with Crippen molar-refractivity contribution in [2.24, 2.45) is 0 Å². The number of benzene rings is 2. The van der Waals surface area contributed by atoms with E-state index in [1.807, 2.05) is 24.3 Å². The lowest BCUT2D eigenvalue weighted by Gasteiger charge is -2.06. The summed E-state index contributed by atoms with van der Waals surface area (Å²) in [5, 5.41) is 0. The van der Waals surface area contributed by atoms with Gasteiger partial charge in [0, 0.05) is 11.1 Å². The molecule has 27 heavy (non-hydrogen) atoms. The summed E-state index contributed by atoms with van der Waals surface area (Å²) in [6.07, 6.45) is 2.44. The molecule has 0 spiro atoms. The zero-order valence-electron chi connectivity index (χ0n) is 15.2. The molecule has 2 aromatic rings. The molecule has 2 aromatic carbocycles. The molecule has 5 heteroatoms. The van der Waals surface area contributed by atoms with Crippen molar-refractivity contribution in [2.45, 2.75) is 13.8 Å². The fourth-order valence-corrected chi connectivity index (χ4v) is 1.93. The minimum absolute atomic E-state index is 0.310. The molecule has 0 unspecified atom stereocenters. The van der Waals surface area contributed by atoms with Crippen LogP contribution in [0.1, 0.15) is 13.8 Å². The molecule has 0 aliphatic carbocycles. The molecule has 0 heterocycles. The SMILES string of the molecule is C=C(C)C(=O)O/C=C\Oc1ccc(-c2ccc(OC(=O)C(=C)C)cc2)cc1. The first-order valence-corrected chi connectivity index (χ1v) is 8.13. The van der Waals surface area contributed by atoms with Crippen molar-refractivity contribution < 1.29 is 23.8 Å². The van der Waals surface area contributed by atoms with Crippen LogP contribution in [0, 0.1) is 0 Å². The van der Waals surface area contributed by atoms with Gasteiger partial charge >= 0.3 is 11.9 Å². The van der Waals surface area contributed by atoms with Gasteiger partial charge in [0.25, 0.3) is 0 Å². The predicted octanol–water partition coefficient (Wildman–Crippen LogP) is 4.80. The van der Waals surface area contributed by atoms with Gasteiger partial charge in [-0.3, -0.25) is 0 Å². The highest BCUT2D eigenvalue weighted by atomic mass is 16.5. The van der Waals surface area contributed by atoms with Crippen molar-refractivity contribution in [3.8, 4) is 22.6 Å². The zero-order valence-corrected chi connectivity index (χ0v) is 15.2. The fraction of sp³-hybridized carbons (Fsp3) is 0.0909. The van der Waals surface area contributed by atoms with Crippen LogP contribution in [0.15, 0.2) is 85.4 Å². The van der Waals surface area contributed by atoms with Gasteiger partial charge in [0.2, 0.25) is 0 Å². The number of ether oxygens (including phenoxy) is 3. The Hall–Kier alpha value is -3.60. The summed E-state index contributed by atoms with van der Waals surface area (Å²) in [7, 11) is 0. The third-order valence-corrected chi connectivity index (χ3v) is 3.38. The molecule has 0 N–H and O–H groups in total. The Balaban J connectivity index is 1.95. The maximum atomic E-state index is 11.5. The first-order chi connectivity index (χ1) is 12.9. The Morgan fingerprint density at radius 1 is 0.741 bits per heavy atom. The van der Waals surface area contributed by atoms with E-state index in [9.17, 15) is 9.59 Å². The maximum absolute atomic E-state index is 11.5. The number of rotatable bonds is 7. The van der Waals surface area contributed by atoms with Crippen molar-refractivity contribution in [1.82, 2.24) is 0 Å². The molecule has 0 saturated heterocycles. The van der Waals surface area contributed by atoms with Crippen LogP contribution in [-0.2, 0) is 14.3 Å². The number of carbonyl (C=O) groups excluding carboxylic acids is 2. The Morgan fingerprint density at radius 3 is 1.70 bits per heavy atom. The predicted molar refractivity (Wildman–Crippen MR) is 103 cm³/mol. The van der Waals surface area contributed by atoms with E-state index in [0.717, 1.165) is 17.4 Å². The van der Waals surface area contributed by atoms with E-state index in [2.05, 4.69) is 13.2 Å². The van der Waals surface area contributed by atoms with Crippen molar-refractivity contribution >= 4 is 11.9 Å². The van der Waals surface area contributed by atoms with Crippen LogP contribution >= 0.6 is 0 Å². The Bertz CT molecular complexity index is 874. The minimum atomic E-state index is -0.512. The van der Waals surface area contributed by atoms with Crippen molar-refractivity contribution in [1.29, 1.82) is 0 Å². The van der Waals surface area contributed by atoms with E-state index in [1.165, 1.54) is 6.26 Å². The topological polar surface area (TPSA) is 61.8 Å². The van der Waals surface area contributed by atoms with E-state index in [0.29, 0.717) is 22.6 Å².